The monoisotopic (exact) mass is 882 g/mol. The molecule has 2 heterocycles. The van der Waals surface area contributed by atoms with Crippen LogP contribution in [0, 0.1) is 0 Å². The molecule has 2 aliphatic rings. The van der Waals surface area contributed by atoms with Gasteiger partial charge < -0.3 is 67.6 Å². The van der Waals surface area contributed by atoms with Gasteiger partial charge in [-0.15, -0.1) is 0 Å². The third-order valence-corrected chi connectivity index (χ3v) is 9.27. The highest BCUT2D eigenvalue weighted by molar-refractivity contribution is 6.31. The molecule has 0 saturated carbocycles. The summed E-state index contributed by atoms with van der Waals surface area (Å²) in [4.78, 5) is 51.0. The van der Waals surface area contributed by atoms with E-state index in [2.05, 4.69) is 16.0 Å². The van der Waals surface area contributed by atoms with Gasteiger partial charge in [-0.1, -0.05) is 23.7 Å². The SMILES string of the molecule is COC(COCCOCCOCCOCCOCCOCCOCCOCCOc1cc(Cl)cc(NC(=O)NCc2ccc3c(c2)CN(C2CCC(=O)NC2=O)C3=O)c1)OC. The molecule has 20 heteroatoms. The van der Waals surface area contributed by atoms with E-state index in [9.17, 15) is 19.2 Å². The van der Waals surface area contributed by atoms with E-state index < -0.39 is 18.0 Å². The molecule has 1 fully saturated rings. The van der Waals surface area contributed by atoms with E-state index in [-0.39, 0.29) is 50.6 Å². The molecular weight excluding hydrogens is 824 g/mol. The van der Waals surface area contributed by atoms with Crippen molar-refractivity contribution in [2.24, 2.45) is 0 Å². The minimum Gasteiger partial charge on any atom is -0.491 e. The zero-order valence-electron chi connectivity index (χ0n) is 34.9. The molecule has 1 atom stereocenters. The van der Waals surface area contributed by atoms with Gasteiger partial charge >= 0.3 is 6.03 Å². The van der Waals surface area contributed by atoms with Gasteiger partial charge in [-0.2, -0.15) is 0 Å². The normalized spacial score (nSPS) is 15.0. The average Bonchev–Trinajstić information content (AvgIpc) is 3.57. The zero-order chi connectivity index (χ0) is 43.5. The maximum Gasteiger partial charge on any atom is 0.319 e. The predicted molar refractivity (Wildman–Crippen MR) is 220 cm³/mol. The number of hydrogen-bond donors (Lipinski definition) is 3. The number of piperidine rings is 1. The molecule has 0 radical (unpaired) electrons. The van der Waals surface area contributed by atoms with Crippen LogP contribution in [0.2, 0.25) is 5.02 Å². The molecule has 0 aliphatic carbocycles. The van der Waals surface area contributed by atoms with E-state index in [1.807, 2.05) is 6.07 Å². The molecule has 2 aliphatic heterocycles. The second kappa shape index (κ2) is 29.3. The Bertz CT molecular complexity index is 1640. The molecule has 0 aromatic heterocycles. The van der Waals surface area contributed by atoms with Gasteiger partial charge in [0.05, 0.1) is 106 Å². The fourth-order valence-corrected chi connectivity index (χ4v) is 6.21. The van der Waals surface area contributed by atoms with Crippen LogP contribution >= 0.6 is 11.6 Å². The second-order valence-corrected chi connectivity index (χ2v) is 13.9. The van der Waals surface area contributed by atoms with Gasteiger partial charge in [0.1, 0.15) is 18.4 Å². The number of nitrogens with zero attached hydrogens (tertiary/aromatic N) is 1. The van der Waals surface area contributed by atoms with Crippen molar-refractivity contribution in [1.29, 1.82) is 0 Å². The van der Waals surface area contributed by atoms with E-state index in [0.29, 0.717) is 128 Å². The number of rotatable bonds is 33. The van der Waals surface area contributed by atoms with Crippen LogP contribution in [0.15, 0.2) is 36.4 Å². The van der Waals surface area contributed by atoms with Crippen LogP contribution < -0.4 is 20.7 Å². The predicted octanol–water partition coefficient (Wildman–Crippen LogP) is 2.55. The standard InChI is InChI=1S/C41H59ClN4O15/c1-51-38(52-2)29-60-20-19-58-16-15-56-12-11-54-8-7-53-9-10-55-13-14-57-17-18-59-21-22-61-34-25-32(42)24-33(26-34)44-41(50)43-27-30-3-4-35-31(23-30)28-46(40(35)49)36-5-6-37(47)45-39(36)48/h3-4,23-26,36,38H,5-22,27-29H2,1-2H3,(H2,43,44,50)(H,45,47,48). The minimum atomic E-state index is -0.691. The number of carbonyl (C=O) groups is 4. The lowest BCUT2D eigenvalue weighted by atomic mass is 10.0. The van der Waals surface area contributed by atoms with Crippen LogP contribution in [0.5, 0.6) is 5.75 Å². The Morgan fingerprint density at radius 3 is 1.82 bits per heavy atom. The highest BCUT2D eigenvalue weighted by atomic mass is 35.5. The van der Waals surface area contributed by atoms with E-state index >= 15 is 0 Å². The summed E-state index contributed by atoms with van der Waals surface area (Å²) in [5.74, 6) is -0.596. The number of fused-ring (bicyclic) bond motifs is 1. The summed E-state index contributed by atoms with van der Waals surface area (Å²) in [6, 6.07) is 9.00. The molecule has 1 unspecified atom stereocenters. The summed E-state index contributed by atoms with van der Waals surface area (Å²) < 4.78 is 59.7. The molecule has 0 spiro atoms. The quantitative estimate of drug-likeness (QED) is 0.0535. The second-order valence-electron chi connectivity index (χ2n) is 13.5. The Balaban J connectivity index is 0.926. The topological polar surface area (TPSA) is 209 Å². The van der Waals surface area contributed by atoms with Crippen molar-refractivity contribution in [3.8, 4) is 5.75 Å². The number of carbonyl (C=O) groups excluding carboxylic acids is 4. The molecule has 5 amide bonds. The third kappa shape index (κ3) is 19.3. The van der Waals surface area contributed by atoms with Gasteiger partial charge in [-0.25, -0.2) is 4.79 Å². The van der Waals surface area contributed by atoms with Crippen molar-refractivity contribution in [2.45, 2.75) is 38.3 Å². The number of hydrogen-bond acceptors (Lipinski definition) is 15. The lowest BCUT2D eigenvalue weighted by Gasteiger charge is -2.29. The number of imide groups is 1. The van der Waals surface area contributed by atoms with Crippen LogP contribution in [0.3, 0.4) is 0 Å². The average molecular weight is 883 g/mol. The summed E-state index contributed by atoms with van der Waals surface area (Å²) in [6.07, 6.45) is 0.103. The molecule has 2 aromatic carbocycles. The number of urea groups is 1. The molecule has 1 saturated heterocycles. The molecule has 61 heavy (non-hydrogen) atoms. The summed E-state index contributed by atoms with van der Waals surface area (Å²) in [6.45, 7) is 7.68. The largest absolute Gasteiger partial charge is 0.491 e. The maximum atomic E-state index is 12.9. The number of ether oxygens (including phenoxy) is 11. The van der Waals surface area contributed by atoms with Crippen LogP contribution in [-0.4, -0.2) is 168 Å². The first-order valence-corrected chi connectivity index (χ1v) is 20.6. The number of nitrogens with one attached hydrogen (secondary N) is 3. The summed E-state index contributed by atoms with van der Waals surface area (Å²) >= 11 is 6.27. The van der Waals surface area contributed by atoms with Crippen molar-refractivity contribution in [1.82, 2.24) is 15.5 Å². The summed E-state index contributed by atoms with van der Waals surface area (Å²) in [7, 11) is 3.12. The maximum absolute atomic E-state index is 12.9. The summed E-state index contributed by atoms with van der Waals surface area (Å²) in [5.41, 5.74) is 2.46. The smallest absolute Gasteiger partial charge is 0.319 e. The van der Waals surface area contributed by atoms with Crippen LogP contribution in [0.4, 0.5) is 10.5 Å². The lowest BCUT2D eigenvalue weighted by molar-refractivity contribution is -0.143. The van der Waals surface area contributed by atoms with Crippen molar-refractivity contribution in [2.75, 3.05) is 132 Å². The minimum absolute atomic E-state index is 0.185. The molecule has 2 aromatic rings. The molecule has 4 rings (SSSR count). The first-order valence-electron chi connectivity index (χ1n) is 20.2. The van der Waals surface area contributed by atoms with Crippen molar-refractivity contribution in [3.63, 3.8) is 0 Å². The van der Waals surface area contributed by atoms with Gasteiger partial charge in [-0.05, 0) is 35.7 Å². The Hall–Kier alpha value is -3.99. The van der Waals surface area contributed by atoms with E-state index in [1.54, 1.807) is 44.6 Å². The van der Waals surface area contributed by atoms with Gasteiger partial charge in [0.25, 0.3) is 5.91 Å². The Morgan fingerprint density at radius 2 is 1.28 bits per heavy atom. The molecule has 0 bridgehead atoms. The zero-order valence-corrected chi connectivity index (χ0v) is 35.7. The van der Waals surface area contributed by atoms with Crippen molar-refractivity contribution >= 4 is 41.0 Å². The van der Waals surface area contributed by atoms with Crippen LogP contribution in [0.1, 0.15) is 34.3 Å². The van der Waals surface area contributed by atoms with E-state index in [4.69, 9.17) is 63.7 Å². The fraction of sp³-hybridized carbons (Fsp3) is 0.610. The Labute approximate surface area is 361 Å². The molecule has 19 nitrogen and oxygen atoms in total. The highest BCUT2D eigenvalue weighted by Crippen LogP contribution is 2.28. The number of amides is 5. The molecule has 3 N–H and O–H groups in total. The van der Waals surface area contributed by atoms with Gasteiger partial charge in [0, 0.05) is 56.1 Å². The van der Waals surface area contributed by atoms with Gasteiger partial charge in [-0.3, -0.25) is 19.7 Å². The number of anilines is 1. The third-order valence-electron chi connectivity index (χ3n) is 9.05. The Kier molecular flexibility index (Phi) is 23.9. The molecular formula is C41H59ClN4O15. The van der Waals surface area contributed by atoms with Crippen LogP contribution in [0.25, 0.3) is 0 Å². The fourth-order valence-electron chi connectivity index (χ4n) is 5.98. The van der Waals surface area contributed by atoms with E-state index in [0.717, 1.165) is 11.1 Å². The van der Waals surface area contributed by atoms with E-state index in [1.165, 1.54) is 4.90 Å². The van der Waals surface area contributed by atoms with Gasteiger partial charge in [0.15, 0.2) is 6.29 Å². The lowest BCUT2D eigenvalue weighted by Crippen LogP contribution is -2.52. The Morgan fingerprint density at radius 1 is 0.738 bits per heavy atom. The van der Waals surface area contributed by atoms with Crippen molar-refractivity contribution < 1.29 is 71.3 Å². The molecule has 340 valence electrons. The number of benzene rings is 2. The first kappa shape index (κ1) is 49.7. The highest BCUT2D eigenvalue weighted by Gasteiger charge is 2.39. The van der Waals surface area contributed by atoms with Crippen molar-refractivity contribution in [3.05, 3.63) is 58.1 Å². The first-order chi connectivity index (χ1) is 29.8. The number of methoxy groups -OCH3 is 2. The van der Waals surface area contributed by atoms with Crippen LogP contribution in [-0.2, 0) is 70.0 Å². The number of halogens is 1. The van der Waals surface area contributed by atoms with Gasteiger partial charge in [0.2, 0.25) is 11.8 Å². The summed E-state index contributed by atoms with van der Waals surface area (Å²) in [5, 5.41) is 8.23.